The molecular weight excluding hydrogens is 478 g/mol. The van der Waals surface area contributed by atoms with Crippen molar-refractivity contribution in [3.63, 3.8) is 0 Å². The van der Waals surface area contributed by atoms with Gasteiger partial charge in [-0.2, -0.15) is 4.31 Å². The fourth-order valence-electron chi connectivity index (χ4n) is 4.26. The van der Waals surface area contributed by atoms with Gasteiger partial charge in [-0.25, -0.2) is 21.6 Å². The van der Waals surface area contributed by atoms with Crippen LogP contribution in [0.1, 0.15) is 31.7 Å². The third-order valence-corrected chi connectivity index (χ3v) is 9.45. The topological polar surface area (TPSA) is 113 Å². The molecule has 1 fully saturated rings. The predicted molar refractivity (Wildman–Crippen MR) is 128 cm³/mol. The number of rotatable bonds is 8. The molecule has 184 valence electrons. The van der Waals surface area contributed by atoms with Crippen LogP contribution in [0.4, 0.5) is 5.69 Å². The Hall–Kier alpha value is -2.47. The summed E-state index contributed by atoms with van der Waals surface area (Å²) in [6.45, 7) is 3.25. The first kappa shape index (κ1) is 24.6. The van der Waals surface area contributed by atoms with Gasteiger partial charge in [0, 0.05) is 38.8 Å². The Kier molecular flexibility index (Phi) is 7.27. The molecule has 1 amide bonds. The monoisotopic (exact) mass is 507 g/mol. The van der Waals surface area contributed by atoms with Crippen LogP contribution in [0, 0.1) is 0 Å². The van der Waals surface area contributed by atoms with Crippen LogP contribution in [-0.2, 0) is 31.3 Å². The minimum absolute atomic E-state index is 0.0484. The molecule has 0 spiro atoms. The second-order valence-corrected chi connectivity index (χ2v) is 12.1. The van der Waals surface area contributed by atoms with Gasteiger partial charge in [-0.3, -0.25) is 4.79 Å². The van der Waals surface area contributed by atoms with Crippen LogP contribution in [0.15, 0.2) is 52.3 Å². The Morgan fingerprint density at radius 2 is 1.62 bits per heavy atom. The van der Waals surface area contributed by atoms with E-state index in [1.807, 2.05) is 0 Å². The molecule has 0 bridgehead atoms. The summed E-state index contributed by atoms with van der Waals surface area (Å²) in [4.78, 5) is 13.7. The van der Waals surface area contributed by atoms with E-state index in [2.05, 4.69) is 4.72 Å². The molecule has 2 aromatic rings. The molecule has 4 rings (SSSR count). The summed E-state index contributed by atoms with van der Waals surface area (Å²) in [5, 5.41) is 0. The molecule has 1 saturated heterocycles. The average molecular weight is 508 g/mol. The number of fused-ring (bicyclic) bond motifs is 1. The Morgan fingerprint density at radius 3 is 2.29 bits per heavy atom. The number of hydrogen-bond acceptors (Lipinski definition) is 6. The molecule has 2 aliphatic rings. The van der Waals surface area contributed by atoms with Gasteiger partial charge in [0.15, 0.2) is 0 Å². The lowest BCUT2D eigenvalue weighted by Gasteiger charge is -2.25. The molecule has 2 heterocycles. The standard InChI is InChI=1S/C23H29N3O6S2/c1-18(27)26-15-11-19-17-22(9-10-23(19)26)33(28,29)24-12-16-32-20-5-7-21(8-6-20)34(30,31)25-13-3-2-4-14-25/h5-10,17,24H,2-4,11-16H2,1H3. The van der Waals surface area contributed by atoms with Gasteiger partial charge >= 0.3 is 0 Å². The van der Waals surface area contributed by atoms with Crippen molar-refractivity contribution < 1.29 is 26.4 Å². The number of ether oxygens (including phenoxy) is 1. The van der Waals surface area contributed by atoms with Gasteiger partial charge in [0.1, 0.15) is 12.4 Å². The lowest BCUT2D eigenvalue weighted by molar-refractivity contribution is -0.116. The van der Waals surface area contributed by atoms with Crippen molar-refractivity contribution in [1.82, 2.24) is 9.03 Å². The first-order chi connectivity index (χ1) is 16.2. The van der Waals surface area contributed by atoms with Crippen molar-refractivity contribution >= 4 is 31.6 Å². The fourth-order valence-corrected chi connectivity index (χ4v) is 6.84. The maximum absolute atomic E-state index is 12.7. The Labute approximate surface area is 200 Å². The second-order valence-electron chi connectivity index (χ2n) is 8.39. The number of carbonyl (C=O) groups excluding carboxylic acids is 1. The largest absolute Gasteiger partial charge is 0.492 e. The van der Waals surface area contributed by atoms with E-state index in [4.69, 9.17) is 4.74 Å². The highest BCUT2D eigenvalue weighted by Crippen LogP contribution is 2.30. The summed E-state index contributed by atoms with van der Waals surface area (Å²) in [7, 11) is -7.23. The third-order valence-electron chi connectivity index (χ3n) is 6.08. The van der Waals surface area contributed by atoms with Gasteiger partial charge in [0.2, 0.25) is 26.0 Å². The molecule has 11 heteroatoms. The number of carbonyl (C=O) groups is 1. The molecule has 2 aromatic carbocycles. The van der Waals surface area contributed by atoms with Crippen molar-refractivity contribution in [3.8, 4) is 5.75 Å². The van der Waals surface area contributed by atoms with Crippen LogP contribution < -0.4 is 14.4 Å². The van der Waals surface area contributed by atoms with E-state index >= 15 is 0 Å². The lowest BCUT2D eigenvalue weighted by Crippen LogP contribution is -2.35. The highest BCUT2D eigenvalue weighted by Gasteiger charge is 2.26. The molecular formula is C23H29N3O6S2. The van der Waals surface area contributed by atoms with E-state index in [0.717, 1.165) is 30.5 Å². The summed E-state index contributed by atoms with van der Waals surface area (Å²) in [5.41, 5.74) is 1.58. The smallest absolute Gasteiger partial charge is 0.243 e. The van der Waals surface area contributed by atoms with Crippen molar-refractivity contribution in [2.24, 2.45) is 0 Å². The SMILES string of the molecule is CC(=O)N1CCc2cc(S(=O)(=O)NCCOc3ccc(S(=O)(=O)N4CCCCC4)cc3)ccc21. The van der Waals surface area contributed by atoms with E-state index in [1.54, 1.807) is 29.2 Å². The summed E-state index contributed by atoms with van der Waals surface area (Å²) in [6.07, 6.45) is 3.41. The third kappa shape index (κ3) is 5.27. The number of anilines is 1. The normalized spacial score (nSPS) is 16.9. The summed E-state index contributed by atoms with van der Waals surface area (Å²) >= 11 is 0. The van der Waals surface area contributed by atoms with Gasteiger partial charge in [-0.1, -0.05) is 6.42 Å². The van der Waals surface area contributed by atoms with Crippen molar-refractivity contribution in [3.05, 3.63) is 48.0 Å². The zero-order valence-electron chi connectivity index (χ0n) is 19.1. The van der Waals surface area contributed by atoms with Crippen molar-refractivity contribution in [2.45, 2.75) is 42.4 Å². The number of nitrogens with zero attached hydrogens (tertiary/aromatic N) is 2. The quantitative estimate of drug-likeness (QED) is 0.548. The number of nitrogens with one attached hydrogen (secondary N) is 1. The summed E-state index contributed by atoms with van der Waals surface area (Å²) in [5.74, 6) is 0.389. The van der Waals surface area contributed by atoms with Crippen LogP contribution in [0.3, 0.4) is 0 Å². The van der Waals surface area contributed by atoms with Gasteiger partial charge in [0.25, 0.3) is 0 Å². The molecule has 0 unspecified atom stereocenters. The maximum atomic E-state index is 12.7. The Bertz CT molecular complexity index is 1250. The lowest BCUT2D eigenvalue weighted by atomic mass is 10.2. The first-order valence-electron chi connectivity index (χ1n) is 11.3. The Balaban J connectivity index is 1.31. The molecule has 0 aromatic heterocycles. The number of hydrogen-bond donors (Lipinski definition) is 1. The molecule has 0 radical (unpaired) electrons. The van der Waals surface area contributed by atoms with E-state index in [-0.39, 0.29) is 28.8 Å². The van der Waals surface area contributed by atoms with Gasteiger partial charge < -0.3 is 9.64 Å². The molecule has 1 N–H and O–H groups in total. The number of piperidine rings is 1. The molecule has 0 atom stereocenters. The first-order valence-corrected chi connectivity index (χ1v) is 14.2. The van der Waals surface area contributed by atoms with Crippen LogP contribution in [0.2, 0.25) is 0 Å². The molecule has 0 aliphatic carbocycles. The van der Waals surface area contributed by atoms with Gasteiger partial charge in [0.05, 0.1) is 9.79 Å². The van der Waals surface area contributed by atoms with Crippen LogP contribution in [-0.4, -0.2) is 59.8 Å². The Morgan fingerprint density at radius 1 is 0.941 bits per heavy atom. The molecule has 0 saturated carbocycles. The number of amides is 1. The van der Waals surface area contributed by atoms with Gasteiger partial charge in [-0.15, -0.1) is 0 Å². The van der Waals surface area contributed by atoms with Crippen LogP contribution >= 0.6 is 0 Å². The molecule has 34 heavy (non-hydrogen) atoms. The number of sulfonamides is 2. The zero-order valence-corrected chi connectivity index (χ0v) is 20.7. The molecule has 2 aliphatic heterocycles. The van der Waals surface area contributed by atoms with E-state index < -0.39 is 20.0 Å². The predicted octanol–water partition coefficient (Wildman–Crippen LogP) is 2.13. The second kappa shape index (κ2) is 10.0. The fraction of sp³-hybridized carbons (Fsp3) is 0.435. The van der Waals surface area contributed by atoms with Crippen LogP contribution in [0.5, 0.6) is 5.75 Å². The molecule has 9 nitrogen and oxygen atoms in total. The van der Waals surface area contributed by atoms with E-state index in [9.17, 15) is 21.6 Å². The highest BCUT2D eigenvalue weighted by molar-refractivity contribution is 7.89. The van der Waals surface area contributed by atoms with E-state index in [0.29, 0.717) is 31.8 Å². The van der Waals surface area contributed by atoms with Crippen molar-refractivity contribution in [2.75, 3.05) is 37.7 Å². The summed E-state index contributed by atoms with van der Waals surface area (Å²) in [6, 6.07) is 10.9. The average Bonchev–Trinajstić information content (AvgIpc) is 3.26. The highest BCUT2D eigenvalue weighted by atomic mass is 32.2. The van der Waals surface area contributed by atoms with Crippen molar-refractivity contribution in [1.29, 1.82) is 0 Å². The van der Waals surface area contributed by atoms with E-state index in [1.165, 1.54) is 29.4 Å². The zero-order chi connectivity index (χ0) is 24.3. The minimum Gasteiger partial charge on any atom is -0.492 e. The maximum Gasteiger partial charge on any atom is 0.243 e. The summed E-state index contributed by atoms with van der Waals surface area (Å²) < 4.78 is 60.3. The van der Waals surface area contributed by atoms with Gasteiger partial charge in [-0.05, 0) is 67.3 Å². The van der Waals surface area contributed by atoms with Crippen LogP contribution in [0.25, 0.3) is 0 Å². The number of benzene rings is 2. The minimum atomic E-state index is -3.73.